The minimum Gasteiger partial charge on any atom is -0.330 e. The van der Waals surface area contributed by atoms with Crippen molar-refractivity contribution >= 4 is 11.6 Å². The van der Waals surface area contributed by atoms with Gasteiger partial charge in [-0.3, -0.25) is 4.79 Å². The topological polar surface area (TPSA) is 46.3 Å². The van der Waals surface area contributed by atoms with Crippen molar-refractivity contribution in [2.75, 3.05) is 18.0 Å². The molecule has 110 valence electrons. The van der Waals surface area contributed by atoms with E-state index in [4.69, 9.17) is 5.73 Å². The Hall–Kier alpha value is -1.42. The molecule has 1 saturated carbocycles. The molecular formula is C16H23FN2O. The van der Waals surface area contributed by atoms with E-state index in [-0.39, 0.29) is 17.6 Å². The lowest BCUT2D eigenvalue weighted by Crippen LogP contribution is -2.38. The predicted octanol–water partition coefficient (Wildman–Crippen LogP) is 3.09. The van der Waals surface area contributed by atoms with Gasteiger partial charge in [0.05, 0.1) is 0 Å². The maximum atomic E-state index is 13.4. The highest BCUT2D eigenvalue weighted by atomic mass is 19.1. The predicted molar refractivity (Wildman–Crippen MR) is 79.0 cm³/mol. The van der Waals surface area contributed by atoms with Gasteiger partial charge in [-0.15, -0.1) is 0 Å². The van der Waals surface area contributed by atoms with Gasteiger partial charge in [-0.05, 0) is 44.0 Å². The Balaban J connectivity index is 2.15. The zero-order chi connectivity index (χ0) is 14.4. The highest BCUT2D eigenvalue weighted by Gasteiger charge is 2.26. The molecule has 0 unspecified atom stereocenters. The molecule has 0 saturated heterocycles. The molecule has 1 aromatic rings. The SMILES string of the molecule is NCCCN(C(=O)C1CCCCC1)c1cccc(F)c1. The van der Waals surface area contributed by atoms with Crippen molar-refractivity contribution in [3.05, 3.63) is 30.1 Å². The Morgan fingerprint density at radius 2 is 2.05 bits per heavy atom. The lowest BCUT2D eigenvalue weighted by molar-refractivity contribution is -0.123. The number of hydrogen-bond acceptors (Lipinski definition) is 2. The number of halogens is 1. The number of amides is 1. The number of hydrogen-bond donors (Lipinski definition) is 1. The lowest BCUT2D eigenvalue weighted by atomic mass is 9.88. The van der Waals surface area contributed by atoms with Crippen molar-refractivity contribution in [2.45, 2.75) is 38.5 Å². The minimum absolute atomic E-state index is 0.0878. The zero-order valence-corrected chi connectivity index (χ0v) is 11.9. The number of nitrogens with zero attached hydrogens (tertiary/aromatic N) is 1. The second kappa shape index (κ2) is 7.39. The van der Waals surface area contributed by atoms with Gasteiger partial charge < -0.3 is 10.6 Å². The van der Waals surface area contributed by atoms with Crippen LogP contribution in [0.2, 0.25) is 0 Å². The smallest absolute Gasteiger partial charge is 0.230 e. The lowest BCUT2D eigenvalue weighted by Gasteiger charge is -2.29. The largest absolute Gasteiger partial charge is 0.330 e. The van der Waals surface area contributed by atoms with Gasteiger partial charge in [-0.2, -0.15) is 0 Å². The first-order valence-electron chi connectivity index (χ1n) is 7.49. The summed E-state index contributed by atoms with van der Waals surface area (Å²) in [5.74, 6) is -0.0924. The van der Waals surface area contributed by atoms with E-state index in [2.05, 4.69) is 0 Å². The van der Waals surface area contributed by atoms with Crippen LogP contribution in [0.15, 0.2) is 24.3 Å². The summed E-state index contributed by atoms with van der Waals surface area (Å²) >= 11 is 0. The van der Waals surface area contributed by atoms with Crippen molar-refractivity contribution in [2.24, 2.45) is 11.7 Å². The van der Waals surface area contributed by atoms with E-state index >= 15 is 0 Å². The first-order valence-corrected chi connectivity index (χ1v) is 7.49. The number of anilines is 1. The molecule has 1 fully saturated rings. The average molecular weight is 278 g/mol. The quantitative estimate of drug-likeness (QED) is 0.899. The second-order valence-electron chi connectivity index (χ2n) is 5.45. The second-order valence-corrected chi connectivity index (χ2v) is 5.45. The van der Waals surface area contributed by atoms with Crippen LogP contribution >= 0.6 is 0 Å². The molecule has 1 aromatic carbocycles. The Bertz CT molecular complexity index is 444. The molecule has 0 radical (unpaired) electrons. The first-order chi connectivity index (χ1) is 9.72. The van der Waals surface area contributed by atoms with Crippen LogP contribution in [0.1, 0.15) is 38.5 Å². The van der Waals surface area contributed by atoms with E-state index in [1.165, 1.54) is 18.6 Å². The maximum Gasteiger partial charge on any atom is 0.230 e. The van der Waals surface area contributed by atoms with Crippen molar-refractivity contribution in [3.8, 4) is 0 Å². The minimum atomic E-state index is -0.309. The summed E-state index contributed by atoms with van der Waals surface area (Å²) in [4.78, 5) is 14.4. The average Bonchev–Trinajstić information content (AvgIpc) is 2.48. The van der Waals surface area contributed by atoms with Crippen LogP contribution in [0.5, 0.6) is 0 Å². The number of carbonyl (C=O) groups is 1. The van der Waals surface area contributed by atoms with Crippen LogP contribution < -0.4 is 10.6 Å². The molecule has 1 amide bonds. The van der Waals surface area contributed by atoms with Crippen LogP contribution in [0, 0.1) is 11.7 Å². The molecule has 2 N–H and O–H groups in total. The van der Waals surface area contributed by atoms with Gasteiger partial charge in [0.25, 0.3) is 0 Å². The summed E-state index contributed by atoms with van der Waals surface area (Å²) in [6.07, 6.45) is 6.08. The summed E-state index contributed by atoms with van der Waals surface area (Å²) in [7, 11) is 0. The molecule has 0 aromatic heterocycles. The van der Waals surface area contributed by atoms with Crippen LogP contribution in [0.25, 0.3) is 0 Å². The highest BCUT2D eigenvalue weighted by Crippen LogP contribution is 2.28. The van der Waals surface area contributed by atoms with Gasteiger partial charge in [0.15, 0.2) is 0 Å². The summed E-state index contributed by atoms with van der Waals surface area (Å²) in [6.45, 7) is 1.10. The molecule has 1 aliphatic rings. The Morgan fingerprint density at radius 3 is 2.70 bits per heavy atom. The maximum absolute atomic E-state index is 13.4. The van der Waals surface area contributed by atoms with Gasteiger partial charge in [0.2, 0.25) is 5.91 Å². The van der Waals surface area contributed by atoms with Crippen molar-refractivity contribution in [3.63, 3.8) is 0 Å². The van der Waals surface area contributed by atoms with Gasteiger partial charge >= 0.3 is 0 Å². The summed E-state index contributed by atoms with van der Waals surface area (Å²) < 4.78 is 13.4. The Labute approximate surface area is 120 Å². The normalized spacial score (nSPS) is 16.1. The first kappa shape index (κ1) is 15.0. The zero-order valence-electron chi connectivity index (χ0n) is 11.9. The molecule has 0 heterocycles. The summed E-state index contributed by atoms with van der Waals surface area (Å²) in [5.41, 5.74) is 6.20. The molecule has 1 aliphatic carbocycles. The van der Waals surface area contributed by atoms with Crippen molar-refractivity contribution < 1.29 is 9.18 Å². The van der Waals surface area contributed by atoms with Gasteiger partial charge in [0, 0.05) is 18.2 Å². The Morgan fingerprint density at radius 1 is 1.30 bits per heavy atom. The molecule has 0 bridgehead atoms. The standard InChI is InChI=1S/C16H23FN2O/c17-14-8-4-9-15(12-14)19(11-5-10-18)16(20)13-6-2-1-3-7-13/h4,8-9,12-13H,1-3,5-7,10-11,18H2. The summed E-state index contributed by atoms with van der Waals surface area (Å²) in [5, 5.41) is 0. The third-order valence-electron chi connectivity index (χ3n) is 3.93. The van der Waals surface area contributed by atoms with Crippen LogP contribution in [-0.4, -0.2) is 19.0 Å². The van der Waals surface area contributed by atoms with Crippen molar-refractivity contribution in [1.29, 1.82) is 0 Å². The number of nitrogens with two attached hydrogens (primary N) is 1. The van der Waals surface area contributed by atoms with E-state index in [0.29, 0.717) is 18.8 Å². The molecular weight excluding hydrogens is 255 g/mol. The highest BCUT2D eigenvalue weighted by molar-refractivity contribution is 5.95. The van der Waals surface area contributed by atoms with Gasteiger partial charge in [0.1, 0.15) is 5.82 Å². The van der Waals surface area contributed by atoms with Crippen LogP contribution in [-0.2, 0) is 4.79 Å². The number of rotatable bonds is 5. The fourth-order valence-electron chi connectivity index (χ4n) is 2.83. The molecule has 4 heteroatoms. The van der Waals surface area contributed by atoms with Crippen LogP contribution in [0.4, 0.5) is 10.1 Å². The van der Waals surface area contributed by atoms with Gasteiger partial charge in [-0.1, -0.05) is 25.3 Å². The third kappa shape index (κ3) is 3.79. The van der Waals surface area contributed by atoms with Crippen molar-refractivity contribution in [1.82, 2.24) is 0 Å². The molecule has 20 heavy (non-hydrogen) atoms. The molecule has 3 nitrogen and oxygen atoms in total. The molecule has 0 spiro atoms. The fourth-order valence-corrected chi connectivity index (χ4v) is 2.83. The van der Waals surface area contributed by atoms with Crippen LogP contribution in [0.3, 0.4) is 0 Å². The third-order valence-corrected chi connectivity index (χ3v) is 3.93. The van der Waals surface area contributed by atoms with Gasteiger partial charge in [-0.25, -0.2) is 4.39 Å². The number of carbonyl (C=O) groups excluding carboxylic acids is 1. The fraction of sp³-hybridized carbons (Fsp3) is 0.562. The monoisotopic (exact) mass is 278 g/mol. The molecule has 0 atom stereocenters. The Kier molecular flexibility index (Phi) is 5.53. The van der Waals surface area contributed by atoms with E-state index in [1.807, 2.05) is 0 Å². The van der Waals surface area contributed by atoms with E-state index in [9.17, 15) is 9.18 Å². The molecule has 0 aliphatic heterocycles. The number of benzene rings is 1. The summed E-state index contributed by atoms with van der Waals surface area (Å²) in [6, 6.07) is 6.27. The van der Waals surface area contributed by atoms with E-state index in [0.717, 1.165) is 32.1 Å². The van der Waals surface area contributed by atoms with E-state index < -0.39 is 0 Å². The molecule has 2 rings (SSSR count). The van der Waals surface area contributed by atoms with E-state index in [1.54, 1.807) is 17.0 Å².